The largest absolute Gasteiger partial charge is 0.479 e. The minimum absolute atomic E-state index is 0.0310. The van der Waals surface area contributed by atoms with Gasteiger partial charge in [-0.2, -0.15) is 5.26 Å². The molecule has 3 aromatic rings. The van der Waals surface area contributed by atoms with Crippen LogP contribution in [0.4, 0.5) is 0 Å². The molecule has 1 atom stereocenters. The first-order valence-electron chi connectivity index (χ1n) is 11.3. The molecule has 1 aliphatic rings. The van der Waals surface area contributed by atoms with E-state index in [1.54, 1.807) is 55.3 Å². The minimum atomic E-state index is -0.646. The molecule has 0 unspecified atom stereocenters. The lowest BCUT2D eigenvalue weighted by Gasteiger charge is -2.25. The molecule has 0 fully saturated rings. The summed E-state index contributed by atoms with van der Waals surface area (Å²) in [6.45, 7) is 5.33. The summed E-state index contributed by atoms with van der Waals surface area (Å²) in [5, 5.41) is 8.67. The number of fused-ring (bicyclic) bond motifs is 1. The van der Waals surface area contributed by atoms with Crippen LogP contribution in [0, 0.1) is 11.3 Å². The molecule has 184 valence electrons. The van der Waals surface area contributed by atoms with Crippen LogP contribution in [0.15, 0.2) is 74.5 Å². The van der Waals surface area contributed by atoms with Crippen molar-refractivity contribution in [2.45, 2.75) is 37.8 Å². The number of thioether (sulfide) groups is 1. The molecule has 1 aliphatic heterocycles. The molecule has 0 saturated carbocycles. The SMILES string of the molecule is CSc1ccc([C@H]2C(C(=O)OC(C)C)=C(C)N=c3s/c(=C\c4ccc(OCC#N)cc4)c(=O)n32)cc1. The van der Waals surface area contributed by atoms with Crippen LogP contribution in [0.3, 0.4) is 0 Å². The van der Waals surface area contributed by atoms with Crippen LogP contribution >= 0.6 is 23.1 Å². The van der Waals surface area contributed by atoms with E-state index >= 15 is 0 Å². The molecule has 2 heterocycles. The normalized spacial score (nSPS) is 15.3. The average Bonchev–Trinajstić information content (AvgIpc) is 3.16. The van der Waals surface area contributed by atoms with Gasteiger partial charge in [-0.05, 0) is 68.5 Å². The van der Waals surface area contributed by atoms with Crippen LogP contribution in [-0.2, 0) is 9.53 Å². The topological polar surface area (TPSA) is 93.7 Å². The van der Waals surface area contributed by atoms with Crippen molar-refractivity contribution >= 4 is 35.1 Å². The molecule has 0 N–H and O–H groups in total. The number of hydrogen-bond donors (Lipinski definition) is 0. The summed E-state index contributed by atoms with van der Waals surface area (Å²) in [6, 6.07) is 16.3. The molecule has 0 bridgehead atoms. The lowest BCUT2D eigenvalue weighted by atomic mass is 9.96. The zero-order valence-corrected chi connectivity index (χ0v) is 22.0. The van der Waals surface area contributed by atoms with Crippen molar-refractivity contribution in [2.75, 3.05) is 12.9 Å². The first kappa shape index (κ1) is 25.5. The van der Waals surface area contributed by atoms with Crippen LogP contribution in [0.5, 0.6) is 5.75 Å². The van der Waals surface area contributed by atoms with Gasteiger partial charge in [0.05, 0.1) is 27.9 Å². The molecule has 0 spiro atoms. The third-order valence-electron chi connectivity index (χ3n) is 5.50. The molecule has 0 aliphatic carbocycles. The van der Waals surface area contributed by atoms with Gasteiger partial charge in [-0.25, -0.2) is 9.79 Å². The number of esters is 1. The second-order valence-electron chi connectivity index (χ2n) is 8.32. The van der Waals surface area contributed by atoms with E-state index in [2.05, 4.69) is 4.99 Å². The third kappa shape index (κ3) is 5.30. The Labute approximate surface area is 217 Å². The summed E-state index contributed by atoms with van der Waals surface area (Å²) >= 11 is 2.90. The maximum Gasteiger partial charge on any atom is 0.338 e. The fraction of sp³-hybridized carbons (Fsp3) is 0.259. The highest BCUT2D eigenvalue weighted by atomic mass is 32.2. The van der Waals surface area contributed by atoms with Crippen molar-refractivity contribution in [3.63, 3.8) is 0 Å². The summed E-state index contributed by atoms with van der Waals surface area (Å²) in [6.07, 6.45) is 3.48. The van der Waals surface area contributed by atoms with Gasteiger partial charge in [-0.3, -0.25) is 9.36 Å². The van der Waals surface area contributed by atoms with E-state index in [0.717, 1.165) is 16.0 Å². The van der Waals surface area contributed by atoms with Crippen LogP contribution < -0.4 is 19.6 Å². The van der Waals surface area contributed by atoms with E-state index in [1.807, 2.05) is 48.7 Å². The predicted molar refractivity (Wildman–Crippen MR) is 141 cm³/mol. The summed E-state index contributed by atoms with van der Waals surface area (Å²) in [5.74, 6) is 0.0974. The standard InChI is InChI=1S/C27H25N3O4S2/c1-16(2)34-26(32)23-17(3)29-27-30(24(23)19-7-11-21(35-4)12-8-19)25(31)22(36-27)15-18-5-9-20(10-6-18)33-14-13-28/h5-12,15-16,24H,14H2,1-4H3/b22-15-/t24-/m0/s1. The van der Waals surface area contributed by atoms with Gasteiger partial charge in [0.15, 0.2) is 11.4 Å². The molecule has 4 rings (SSSR count). The quantitative estimate of drug-likeness (QED) is 0.348. The fourth-order valence-electron chi connectivity index (χ4n) is 3.89. The van der Waals surface area contributed by atoms with Crippen LogP contribution in [0.25, 0.3) is 6.08 Å². The number of nitrogens with zero attached hydrogens (tertiary/aromatic N) is 3. The second-order valence-corrected chi connectivity index (χ2v) is 10.2. The molecular weight excluding hydrogens is 494 g/mol. The van der Waals surface area contributed by atoms with Crippen molar-refractivity contribution < 1.29 is 14.3 Å². The Morgan fingerprint density at radius 3 is 2.53 bits per heavy atom. The van der Waals surface area contributed by atoms with Crippen LogP contribution in [0.1, 0.15) is 37.9 Å². The summed E-state index contributed by atoms with van der Waals surface area (Å²) in [7, 11) is 0. The number of nitriles is 1. The molecular formula is C27H25N3O4S2. The van der Waals surface area contributed by atoms with Crippen LogP contribution in [0.2, 0.25) is 0 Å². The van der Waals surface area contributed by atoms with E-state index in [0.29, 0.717) is 26.4 Å². The van der Waals surface area contributed by atoms with Crippen molar-refractivity contribution in [1.82, 2.24) is 4.57 Å². The molecule has 7 nitrogen and oxygen atoms in total. The molecule has 0 radical (unpaired) electrons. The molecule has 2 aromatic carbocycles. The Bertz CT molecular complexity index is 1530. The first-order chi connectivity index (χ1) is 17.3. The minimum Gasteiger partial charge on any atom is -0.479 e. The predicted octanol–water partition coefficient (Wildman–Crippen LogP) is 3.81. The monoisotopic (exact) mass is 519 g/mol. The molecule has 1 aromatic heterocycles. The van der Waals surface area contributed by atoms with Crippen molar-refractivity contribution in [3.05, 3.63) is 90.6 Å². The smallest absolute Gasteiger partial charge is 0.338 e. The highest BCUT2D eigenvalue weighted by Gasteiger charge is 2.33. The van der Waals surface area contributed by atoms with Crippen molar-refractivity contribution in [3.8, 4) is 11.8 Å². The van der Waals surface area contributed by atoms with E-state index in [-0.39, 0.29) is 18.3 Å². The number of ether oxygens (including phenoxy) is 2. The van der Waals surface area contributed by atoms with E-state index < -0.39 is 12.0 Å². The van der Waals surface area contributed by atoms with E-state index in [9.17, 15) is 9.59 Å². The fourth-order valence-corrected chi connectivity index (χ4v) is 5.34. The number of hydrogen-bond acceptors (Lipinski definition) is 8. The summed E-state index contributed by atoms with van der Waals surface area (Å²) in [4.78, 5) is 33.1. The Morgan fingerprint density at radius 2 is 1.92 bits per heavy atom. The number of allylic oxidation sites excluding steroid dienone is 1. The number of thiazole rings is 1. The van der Waals surface area contributed by atoms with Crippen LogP contribution in [-0.4, -0.2) is 29.5 Å². The highest BCUT2D eigenvalue weighted by molar-refractivity contribution is 7.98. The average molecular weight is 520 g/mol. The maximum atomic E-state index is 13.7. The van der Waals surface area contributed by atoms with Crippen molar-refractivity contribution in [1.29, 1.82) is 5.26 Å². The molecule has 36 heavy (non-hydrogen) atoms. The first-order valence-corrected chi connectivity index (χ1v) is 13.3. The van der Waals surface area contributed by atoms with Gasteiger partial charge >= 0.3 is 5.97 Å². The van der Waals surface area contributed by atoms with E-state index in [4.69, 9.17) is 14.7 Å². The van der Waals surface area contributed by atoms with Gasteiger partial charge in [0.1, 0.15) is 11.8 Å². The lowest BCUT2D eigenvalue weighted by molar-refractivity contribution is -0.143. The van der Waals surface area contributed by atoms with Gasteiger partial charge in [0.25, 0.3) is 5.56 Å². The third-order valence-corrected chi connectivity index (χ3v) is 7.22. The van der Waals surface area contributed by atoms with Gasteiger partial charge in [-0.15, -0.1) is 11.8 Å². The van der Waals surface area contributed by atoms with Gasteiger partial charge in [0, 0.05) is 4.90 Å². The Kier molecular flexibility index (Phi) is 7.77. The number of aromatic nitrogens is 1. The second kappa shape index (κ2) is 11.0. The number of carbonyl (C=O) groups is 1. The number of rotatable bonds is 7. The Hall–Kier alpha value is -3.61. The number of carbonyl (C=O) groups excluding carboxylic acids is 1. The zero-order chi connectivity index (χ0) is 25.8. The lowest BCUT2D eigenvalue weighted by Crippen LogP contribution is -2.40. The number of benzene rings is 2. The van der Waals surface area contributed by atoms with Gasteiger partial charge < -0.3 is 9.47 Å². The van der Waals surface area contributed by atoms with Gasteiger partial charge in [-0.1, -0.05) is 35.6 Å². The Morgan fingerprint density at radius 1 is 1.22 bits per heavy atom. The van der Waals surface area contributed by atoms with Crippen molar-refractivity contribution in [2.24, 2.45) is 4.99 Å². The molecule has 0 saturated heterocycles. The van der Waals surface area contributed by atoms with E-state index in [1.165, 1.54) is 11.3 Å². The summed E-state index contributed by atoms with van der Waals surface area (Å²) in [5.41, 5.74) is 2.28. The highest BCUT2D eigenvalue weighted by Crippen LogP contribution is 2.32. The summed E-state index contributed by atoms with van der Waals surface area (Å²) < 4.78 is 12.9. The molecule has 0 amide bonds. The molecule has 9 heteroatoms. The Balaban J connectivity index is 1.84. The maximum absolute atomic E-state index is 13.7. The zero-order valence-electron chi connectivity index (χ0n) is 20.3. The van der Waals surface area contributed by atoms with Gasteiger partial charge in [0.2, 0.25) is 0 Å².